The summed E-state index contributed by atoms with van der Waals surface area (Å²) in [7, 11) is 0. The van der Waals surface area contributed by atoms with Crippen molar-refractivity contribution < 1.29 is 4.79 Å². The van der Waals surface area contributed by atoms with Gasteiger partial charge in [0.25, 0.3) is 0 Å². The Bertz CT molecular complexity index is 662. The van der Waals surface area contributed by atoms with Gasteiger partial charge in [-0.25, -0.2) is 0 Å². The molecule has 21 heavy (non-hydrogen) atoms. The first kappa shape index (κ1) is 14.9. The molecular formula is C16H14ClN3O. The predicted octanol–water partition coefficient (Wildman–Crippen LogP) is 3.65. The van der Waals surface area contributed by atoms with Crippen molar-refractivity contribution >= 4 is 28.9 Å². The summed E-state index contributed by atoms with van der Waals surface area (Å²) in [5, 5.41) is 15.3. The van der Waals surface area contributed by atoms with Crippen LogP contribution < -0.4 is 10.6 Å². The number of amides is 1. The van der Waals surface area contributed by atoms with Crippen molar-refractivity contribution in [2.75, 3.05) is 17.2 Å². The molecule has 106 valence electrons. The largest absolute Gasteiger partial charge is 0.384 e. The van der Waals surface area contributed by atoms with Crippen LogP contribution in [0.25, 0.3) is 0 Å². The summed E-state index contributed by atoms with van der Waals surface area (Å²) in [4.78, 5) is 11.8. The van der Waals surface area contributed by atoms with Gasteiger partial charge in [-0.3, -0.25) is 4.79 Å². The smallest absolute Gasteiger partial charge is 0.226 e. The first-order chi connectivity index (χ1) is 10.2. The number of hydrogen-bond acceptors (Lipinski definition) is 3. The van der Waals surface area contributed by atoms with Crippen LogP contribution in [0.4, 0.5) is 11.4 Å². The highest BCUT2D eigenvalue weighted by molar-refractivity contribution is 6.30. The molecule has 0 saturated heterocycles. The monoisotopic (exact) mass is 299 g/mol. The fraction of sp³-hybridized carbons (Fsp3) is 0.125. The fourth-order valence-corrected chi connectivity index (χ4v) is 1.90. The van der Waals surface area contributed by atoms with E-state index in [0.717, 1.165) is 11.4 Å². The summed E-state index contributed by atoms with van der Waals surface area (Å²) in [5.74, 6) is -0.0822. The highest BCUT2D eigenvalue weighted by Crippen LogP contribution is 2.14. The Morgan fingerprint density at radius 1 is 1.14 bits per heavy atom. The predicted molar refractivity (Wildman–Crippen MR) is 84.3 cm³/mol. The first-order valence-corrected chi connectivity index (χ1v) is 6.84. The molecule has 0 aromatic heterocycles. The van der Waals surface area contributed by atoms with Gasteiger partial charge in [-0.05, 0) is 42.5 Å². The number of halogens is 1. The second-order valence-electron chi connectivity index (χ2n) is 4.42. The van der Waals surface area contributed by atoms with Gasteiger partial charge in [-0.2, -0.15) is 5.26 Å². The molecule has 4 nitrogen and oxygen atoms in total. The topological polar surface area (TPSA) is 64.9 Å². The number of carbonyl (C=O) groups is 1. The zero-order valence-corrected chi connectivity index (χ0v) is 12.0. The Labute approximate surface area is 128 Å². The minimum Gasteiger partial charge on any atom is -0.384 e. The molecule has 0 aliphatic heterocycles. The van der Waals surface area contributed by atoms with E-state index in [2.05, 4.69) is 16.7 Å². The van der Waals surface area contributed by atoms with Crippen molar-refractivity contribution in [1.82, 2.24) is 0 Å². The standard InChI is InChI=1S/C16H14ClN3O/c17-13-4-6-14(7-5-13)20-16(21)8-9-19-15-3-1-2-12(10-15)11-18/h1-7,10,19H,8-9H2,(H,20,21). The Morgan fingerprint density at radius 2 is 1.90 bits per heavy atom. The summed E-state index contributed by atoms with van der Waals surface area (Å²) < 4.78 is 0. The molecular weight excluding hydrogens is 286 g/mol. The molecule has 5 heteroatoms. The lowest BCUT2D eigenvalue weighted by Crippen LogP contribution is -2.16. The molecule has 2 N–H and O–H groups in total. The van der Waals surface area contributed by atoms with E-state index in [1.165, 1.54) is 0 Å². The lowest BCUT2D eigenvalue weighted by molar-refractivity contribution is -0.115. The van der Waals surface area contributed by atoms with Gasteiger partial charge in [0.15, 0.2) is 0 Å². The van der Waals surface area contributed by atoms with Crippen molar-refractivity contribution in [3.63, 3.8) is 0 Å². The van der Waals surface area contributed by atoms with Crippen LogP contribution in [0.5, 0.6) is 0 Å². The van der Waals surface area contributed by atoms with Crippen LogP contribution in [0.1, 0.15) is 12.0 Å². The van der Waals surface area contributed by atoms with E-state index >= 15 is 0 Å². The molecule has 1 amide bonds. The maximum atomic E-state index is 11.8. The van der Waals surface area contributed by atoms with Crippen LogP contribution >= 0.6 is 11.6 Å². The quantitative estimate of drug-likeness (QED) is 0.885. The molecule has 0 fully saturated rings. The highest BCUT2D eigenvalue weighted by atomic mass is 35.5. The van der Waals surface area contributed by atoms with Gasteiger partial charge in [-0.15, -0.1) is 0 Å². The van der Waals surface area contributed by atoms with E-state index in [4.69, 9.17) is 16.9 Å². The van der Waals surface area contributed by atoms with Gasteiger partial charge in [-0.1, -0.05) is 17.7 Å². The molecule has 0 aliphatic rings. The summed E-state index contributed by atoms with van der Waals surface area (Å²) in [5.41, 5.74) is 2.13. The Hall–Kier alpha value is -2.51. The Morgan fingerprint density at radius 3 is 2.62 bits per heavy atom. The van der Waals surface area contributed by atoms with Crippen LogP contribution in [0, 0.1) is 11.3 Å². The molecule has 0 saturated carbocycles. The molecule has 0 radical (unpaired) electrons. The molecule has 0 heterocycles. The van der Waals surface area contributed by atoms with E-state index < -0.39 is 0 Å². The van der Waals surface area contributed by atoms with Crippen LogP contribution in [0.2, 0.25) is 5.02 Å². The van der Waals surface area contributed by atoms with Gasteiger partial charge in [0.1, 0.15) is 0 Å². The minimum absolute atomic E-state index is 0.0822. The van der Waals surface area contributed by atoms with Crippen molar-refractivity contribution in [3.05, 3.63) is 59.1 Å². The zero-order valence-electron chi connectivity index (χ0n) is 11.3. The number of hydrogen-bond donors (Lipinski definition) is 2. The average Bonchev–Trinajstić information content (AvgIpc) is 2.50. The molecule has 0 aliphatic carbocycles. The van der Waals surface area contributed by atoms with E-state index in [9.17, 15) is 4.79 Å². The second-order valence-corrected chi connectivity index (χ2v) is 4.86. The van der Waals surface area contributed by atoms with Crippen molar-refractivity contribution in [2.24, 2.45) is 0 Å². The molecule has 0 bridgehead atoms. The normalized spacial score (nSPS) is 9.71. The van der Waals surface area contributed by atoms with Gasteiger partial charge < -0.3 is 10.6 Å². The van der Waals surface area contributed by atoms with Crippen molar-refractivity contribution in [2.45, 2.75) is 6.42 Å². The maximum absolute atomic E-state index is 11.8. The summed E-state index contributed by atoms with van der Waals surface area (Å²) in [6.45, 7) is 0.494. The third-order valence-corrected chi connectivity index (χ3v) is 3.05. The van der Waals surface area contributed by atoms with Gasteiger partial charge in [0.2, 0.25) is 5.91 Å². The third-order valence-electron chi connectivity index (χ3n) is 2.80. The Kier molecular flexibility index (Phi) is 5.19. The van der Waals surface area contributed by atoms with Gasteiger partial charge in [0.05, 0.1) is 11.6 Å². The molecule has 2 aromatic carbocycles. The number of nitrogens with zero attached hydrogens (tertiary/aromatic N) is 1. The zero-order chi connectivity index (χ0) is 15.1. The second kappa shape index (κ2) is 7.32. The van der Waals surface area contributed by atoms with Crippen molar-refractivity contribution in [3.8, 4) is 6.07 Å². The van der Waals surface area contributed by atoms with Crippen LogP contribution in [-0.4, -0.2) is 12.5 Å². The molecule has 0 atom stereocenters. The number of benzene rings is 2. The molecule has 2 rings (SSSR count). The first-order valence-electron chi connectivity index (χ1n) is 6.47. The van der Waals surface area contributed by atoms with Gasteiger partial charge >= 0.3 is 0 Å². The van der Waals surface area contributed by atoms with Crippen LogP contribution in [-0.2, 0) is 4.79 Å². The summed E-state index contributed by atoms with van der Waals surface area (Å²) in [6, 6.07) is 16.2. The third kappa shape index (κ3) is 4.83. The summed E-state index contributed by atoms with van der Waals surface area (Å²) in [6.07, 6.45) is 0.333. The lowest BCUT2D eigenvalue weighted by atomic mass is 10.2. The SMILES string of the molecule is N#Cc1cccc(NCCC(=O)Nc2ccc(Cl)cc2)c1. The number of carbonyl (C=O) groups excluding carboxylic acids is 1. The fourth-order valence-electron chi connectivity index (χ4n) is 1.78. The molecule has 2 aromatic rings. The van der Waals surface area contributed by atoms with Crippen LogP contribution in [0.3, 0.4) is 0 Å². The molecule has 0 unspecified atom stereocenters. The summed E-state index contributed by atoms with van der Waals surface area (Å²) >= 11 is 5.78. The Balaban J connectivity index is 1.79. The van der Waals surface area contributed by atoms with Gasteiger partial charge in [0, 0.05) is 29.4 Å². The van der Waals surface area contributed by atoms with E-state index in [-0.39, 0.29) is 5.91 Å². The van der Waals surface area contributed by atoms with E-state index in [1.54, 1.807) is 42.5 Å². The number of anilines is 2. The number of nitriles is 1. The van der Waals surface area contributed by atoms with Crippen LogP contribution in [0.15, 0.2) is 48.5 Å². The van der Waals surface area contributed by atoms with Crippen molar-refractivity contribution in [1.29, 1.82) is 5.26 Å². The highest BCUT2D eigenvalue weighted by Gasteiger charge is 2.02. The van der Waals surface area contributed by atoms with E-state index in [0.29, 0.717) is 23.6 Å². The number of nitrogens with one attached hydrogen (secondary N) is 2. The lowest BCUT2D eigenvalue weighted by Gasteiger charge is -2.08. The maximum Gasteiger partial charge on any atom is 0.226 e. The number of rotatable bonds is 5. The minimum atomic E-state index is -0.0822. The average molecular weight is 300 g/mol. The molecule has 0 spiro atoms. The van der Waals surface area contributed by atoms with E-state index in [1.807, 2.05) is 6.07 Å².